The topological polar surface area (TPSA) is 98.1 Å². The number of nitrogens with two attached hydrogens (primary N) is 1. The Hall–Kier alpha value is -4.01. The van der Waals surface area contributed by atoms with E-state index < -0.39 is 15.8 Å². The quantitative estimate of drug-likeness (QED) is 0.351. The molecule has 5 aromatic rings. The van der Waals surface area contributed by atoms with E-state index >= 15 is 0 Å². The van der Waals surface area contributed by atoms with E-state index in [2.05, 4.69) is 9.97 Å². The molecule has 170 valence electrons. The SMILES string of the molecule is NS(=O)(=O)c1cccc(-c2cnc3[nH]cc(-c4cc(F)cc(OCc5ccccc5)c4)c3c2)c1. The highest BCUT2D eigenvalue weighted by atomic mass is 32.2. The summed E-state index contributed by atoms with van der Waals surface area (Å²) < 4.78 is 43.8. The zero-order valence-corrected chi connectivity index (χ0v) is 18.7. The van der Waals surface area contributed by atoms with Crippen molar-refractivity contribution in [3.63, 3.8) is 0 Å². The first kappa shape index (κ1) is 21.8. The third-order valence-corrected chi connectivity index (χ3v) is 6.37. The molecule has 0 saturated carbocycles. The summed E-state index contributed by atoms with van der Waals surface area (Å²) in [6, 6.07) is 22.4. The van der Waals surface area contributed by atoms with E-state index in [0.29, 0.717) is 34.7 Å². The molecular weight excluding hydrogens is 453 g/mol. The van der Waals surface area contributed by atoms with Crippen LogP contribution in [0.4, 0.5) is 4.39 Å². The molecule has 3 aromatic carbocycles. The summed E-state index contributed by atoms with van der Waals surface area (Å²) in [4.78, 5) is 7.58. The van der Waals surface area contributed by atoms with Crippen LogP contribution in [-0.4, -0.2) is 18.4 Å². The summed E-state index contributed by atoms with van der Waals surface area (Å²) in [5.41, 5.74) is 4.34. The summed E-state index contributed by atoms with van der Waals surface area (Å²) in [5, 5.41) is 6.03. The predicted octanol–water partition coefficient (Wildman–Crippen LogP) is 5.26. The second kappa shape index (κ2) is 8.74. The molecule has 0 radical (unpaired) electrons. The minimum Gasteiger partial charge on any atom is -0.489 e. The van der Waals surface area contributed by atoms with Crippen molar-refractivity contribution in [2.24, 2.45) is 5.14 Å². The van der Waals surface area contributed by atoms with Gasteiger partial charge in [-0.1, -0.05) is 42.5 Å². The number of aromatic amines is 1. The molecule has 0 aliphatic heterocycles. The molecule has 0 unspecified atom stereocenters. The van der Waals surface area contributed by atoms with Crippen molar-refractivity contribution in [3.05, 3.63) is 103 Å². The highest BCUT2D eigenvalue weighted by Crippen LogP contribution is 2.34. The lowest BCUT2D eigenvalue weighted by Crippen LogP contribution is -2.11. The van der Waals surface area contributed by atoms with E-state index in [4.69, 9.17) is 9.88 Å². The fourth-order valence-corrected chi connectivity index (χ4v) is 4.35. The van der Waals surface area contributed by atoms with Crippen LogP contribution in [0.5, 0.6) is 5.75 Å². The Labute approximate surface area is 195 Å². The van der Waals surface area contributed by atoms with Crippen LogP contribution < -0.4 is 9.88 Å². The van der Waals surface area contributed by atoms with Crippen LogP contribution in [0.3, 0.4) is 0 Å². The van der Waals surface area contributed by atoms with Crippen molar-refractivity contribution in [2.45, 2.75) is 11.5 Å². The third kappa shape index (κ3) is 4.54. The number of fused-ring (bicyclic) bond motifs is 1. The van der Waals surface area contributed by atoms with Gasteiger partial charge in [-0.25, -0.2) is 22.9 Å². The zero-order chi connectivity index (χ0) is 23.7. The van der Waals surface area contributed by atoms with Gasteiger partial charge >= 0.3 is 0 Å². The lowest BCUT2D eigenvalue weighted by molar-refractivity contribution is 0.305. The van der Waals surface area contributed by atoms with Crippen molar-refractivity contribution in [2.75, 3.05) is 0 Å². The number of H-pyrrole nitrogens is 1. The van der Waals surface area contributed by atoms with Crippen molar-refractivity contribution < 1.29 is 17.5 Å². The van der Waals surface area contributed by atoms with Gasteiger partial charge < -0.3 is 9.72 Å². The number of nitrogens with one attached hydrogen (secondary N) is 1. The number of hydrogen-bond acceptors (Lipinski definition) is 4. The number of ether oxygens (including phenoxy) is 1. The van der Waals surface area contributed by atoms with Gasteiger partial charge in [-0.15, -0.1) is 0 Å². The third-order valence-electron chi connectivity index (χ3n) is 5.46. The maximum Gasteiger partial charge on any atom is 0.238 e. The van der Waals surface area contributed by atoms with Gasteiger partial charge in [-0.05, 0) is 47.0 Å². The first-order valence-corrected chi connectivity index (χ1v) is 12.0. The van der Waals surface area contributed by atoms with Crippen molar-refractivity contribution in [3.8, 4) is 28.0 Å². The number of sulfonamides is 1. The van der Waals surface area contributed by atoms with E-state index in [-0.39, 0.29) is 4.90 Å². The summed E-state index contributed by atoms with van der Waals surface area (Å²) in [6.45, 7) is 0.323. The molecule has 3 N–H and O–H groups in total. The smallest absolute Gasteiger partial charge is 0.238 e. The van der Waals surface area contributed by atoms with Crippen LogP contribution in [-0.2, 0) is 16.6 Å². The fourth-order valence-electron chi connectivity index (χ4n) is 3.80. The molecule has 0 bridgehead atoms. The fraction of sp³-hybridized carbons (Fsp3) is 0.0385. The second-order valence-corrected chi connectivity index (χ2v) is 9.41. The predicted molar refractivity (Wildman–Crippen MR) is 129 cm³/mol. The molecule has 0 aliphatic carbocycles. The Bertz CT molecular complexity index is 1600. The number of aromatic nitrogens is 2. The van der Waals surface area contributed by atoms with E-state index in [1.807, 2.05) is 36.4 Å². The minimum absolute atomic E-state index is 0.0183. The van der Waals surface area contributed by atoms with Gasteiger partial charge in [0.15, 0.2) is 0 Å². The number of halogens is 1. The Morgan fingerprint density at radius 2 is 1.74 bits per heavy atom. The van der Waals surface area contributed by atoms with Crippen LogP contribution in [0.2, 0.25) is 0 Å². The number of pyridine rings is 1. The second-order valence-electron chi connectivity index (χ2n) is 7.85. The number of primary sulfonamides is 1. The Morgan fingerprint density at radius 3 is 2.53 bits per heavy atom. The molecule has 0 spiro atoms. The minimum atomic E-state index is -3.83. The first-order chi connectivity index (χ1) is 16.4. The number of hydrogen-bond donors (Lipinski definition) is 2. The summed E-state index contributed by atoms with van der Waals surface area (Å²) >= 11 is 0. The molecule has 5 rings (SSSR count). The Kier molecular flexibility index (Phi) is 5.61. The number of rotatable bonds is 6. The van der Waals surface area contributed by atoms with E-state index in [1.165, 1.54) is 24.3 Å². The highest BCUT2D eigenvalue weighted by Gasteiger charge is 2.13. The zero-order valence-electron chi connectivity index (χ0n) is 17.9. The first-order valence-electron chi connectivity index (χ1n) is 10.4. The summed E-state index contributed by atoms with van der Waals surface area (Å²) in [5.74, 6) is -0.00181. The molecule has 2 aromatic heterocycles. The van der Waals surface area contributed by atoms with Crippen LogP contribution in [0, 0.1) is 5.82 Å². The highest BCUT2D eigenvalue weighted by molar-refractivity contribution is 7.89. The maximum absolute atomic E-state index is 14.5. The van der Waals surface area contributed by atoms with Crippen LogP contribution >= 0.6 is 0 Å². The molecule has 34 heavy (non-hydrogen) atoms. The molecule has 2 heterocycles. The molecule has 0 saturated heterocycles. The maximum atomic E-state index is 14.5. The van der Waals surface area contributed by atoms with E-state index in [1.54, 1.807) is 30.6 Å². The monoisotopic (exact) mass is 473 g/mol. The molecule has 8 heteroatoms. The van der Waals surface area contributed by atoms with Gasteiger partial charge in [0.1, 0.15) is 23.8 Å². The lowest BCUT2D eigenvalue weighted by Gasteiger charge is -2.09. The average Bonchev–Trinajstić information content (AvgIpc) is 3.26. The normalized spacial score (nSPS) is 11.6. The van der Waals surface area contributed by atoms with Gasteiger partial charge in [0, 0.05) is 35.0 Å². The number of nitrogens with zero attached hydrogens (tertiary/aromatic N) is 1. The van der Waals surface area contributed by atoms with Crippen molar-refractivity contribution in [1.29, 1.82) is 0 Å². The Balaban J connectivity index is 1.52. The number of benzene rings is 3. The molecule has 6 nitrogen and oxygen atoms in total. The summed E-state index contributed by atoms with van der Waals surface area (Å²) in [7, 11) is -3.83. The standard InChI is InChI=1S/C26H20FN3O3S/c27-21-9-19(10-22(13-21)33-16-17-5-2-1-3-6-17)25-15-30-26-24(25)12-20(14-29-26)18-7-4-8-23(11-18)34(28,31)32/h1-15H,16H2,(H,29,30)(H2,28,31,32). The molecule has 0 amide bonds. The van der Waals surface area contributed by atoms with E-state index in [9.17, 15) is 12.8 Å². The van der Waals surface area contributed by atoms with Crippen LogP contribution in [0.1, 0.15) is 5.56 Å². The lowest BCUT2D eigenvalue weighted by atomic mass is 10.0. The van der Waals surface area contributed by atoms with Crippen LogP contribution in [0.15, 0.2) is 96.2 Å². The Morgan fingerprint density at radius 1 is 0.912 bits per heavy atom. The largest absolute Gasteiger partial charge is 0.489 e. The molecule has 0 aliphatic rings. The van der Waals surface area contributed by atoms with Gasteiger partial charge in [-0.2, -0.15) is 0 Å². The van der Waals surface area contributed by atoms with Gasteiger partial charge in [-0.3, -0.25) is 0 Å². The van der Waals surface area contributed by atoms with Crippen LogP contribution in [0.25, 0.3) is 33.3 Å². The van der Waals surface area contributed by atoms with Crippen molar-refractivity contribution in [1.82, 2.24) is 9.97 Å². The summed E-state index contributed by atoms with van der Waals surface area (Å²) in [6.07, 6.45) is 3.41. The van der Waals surface area contributed by atoms with E-state index in [0.717, 1.165) is 16.5 Å². The molecular formula is C26H20FN3O3S. The van der Waals surface area contributed by atoms with Gasteiger partial charge in [0.2, 0.25) is 10.0 Å². The van der Waals surface area contributed by atoms with Crippen molar-refractivity contribution >= 4 is 21.1 Å². The molecule has 0 atom stereocenters. The van der Waals surface area contributed by atoms with Gasteiger partial charge in [0.05, 0.1) is 4.90 Å². The average molecular weight is 474 g/mol. The van der Waals surface area contributed by atoms with Gasteiger partial charge in [0.25, 0.3) is 0 Å². The molecule has 0 fully saturated rings.